The van der Waals surface area contributed by atoms with Gasteiger partial charge in [-0.25, -0.2) is 4.98 Å². The van der Waals surface area contributed by atoms with Crippen molar-refractivity contribution in [3.63, 3.8) is 0 Å². The number of imidazole rings is 1. The van der Waals surface area contributed by atoms with Crippen LogP contribution in [0.4, 0.5) is 13.2 Å². The van der Waals surface area contributed by atoms with E-state index in [2.05, 4.69) is 10.3 Å². The SMILES string of the molecule is CCCCNC(=O)CC(O)(c1nccn1C)C(F)(F)F. The zero-order valence-electron chi connectivity index (χ0n) is 11.4. The minimum Gasteiger partial charge on any atom is -0.374 e. The molecule has 1 unspecified atom stereocenters. The van der Waals surface area contributed by atoms with Crippen molar-refractivity contribution >= 4 is 5.91 Å². The molecule has 1 rings (SSSR count). The minimum absolute atomic E-state index is 0.282. The Morgan fingerprint density at radius 2 is 2.15 bits per heavy atom. The summed E-state index contributed by atoms with van der Waals surface area (Å²) in [5, 5.41) is 12.3. The quantitative estimate of drug-likeness (QED) is 0.781. The summed E-state index contributed by atoms with van der Waals surface area (Å²) in [4.78, 5) is 15.1. The molecule has 5 nitrogen and oxygen atoms in total. The van der Waals surface area contributed by atoms with E-state index < -0.39 is 29.9 Å². The maximum Gasteiger partial charge on any atom is 0.425 e. The lowest BCUT2D eigenvalue weighted by Gasteiger charge is -2.29. The second-order valence-corrected chi connectivity index (χ2v) is 4.60. The molecule has 0 saturated heterocycles. The van der Waals surface area contributed by atoms with Crippen LogP contribution in [-0.4, -0.2) is 33.3 Å². The lowest BCUT2D eigenvalue weighted by Crippen LogP contribution is -2.48. The van der Waals surface area contributed by atoms with Crippen LogP contribution in [0.25, 0.3) is 0 Å². The highest BCUT2D eigenvalue weighted by Crippen LogP contribution is 2.40. The molecule has 0 bridgehead atoms. The summed E-state index contributed by atoms with van der Waals surface area (Å²) < 4.78 is 40.4. The number of nitrogens with one attached hydrogen (secondary N) is 1. The van der Waals surface area contributed by atoms with Crippen molar-refractivity contribution in [3.8, 4) is 0 Å². The van der Waals surface area contributed by atoms with Crippen LogP contribution in [0, 0.1) is 0 Å². The molecule has 8 heteroatoms. The van der Waals surface area contributed by atoms with Gasteiger partial charge in [0.15, 0.2) is 5.82 Å². The third-order valence-corrected chi connectivity index (χ3v) is 2.93. The average Bonchev–Trinajstić information content (AvgIpc) is 2.74. The average molecular weight is 293 g/mol. The Morgan fingerprint density at radius 3 is 2.60 bits per heavy atom. The lowest BCUT2D eigenvalue weighted by atomic mass is 9.97. The molecular weight excluding hydrogens is 275 g/mol. The molecule has 0 saturated carbocycles. The zero-order chi connectivity index (χ0) is 15.4. The van der Waals surface area contributed by atoms with Gasteiger partial charge < -0.3 is 15.0 Å². The molecule has 0 aliphatic carbocycles. The van der Waals surface area contributed by atoms with Crippen LogP contribution in [0.5, 0.6) is 0 Å². The van der Waals surface area contributed by atoms with Crippen LogP contribution >= 0.6 is 0 Å². The molecule has 0 aliphatic rings. The van der Waals surface area contributed by atoms with Crippen molar-refractivity contribution in [3.05, 3.63) is 18.2 Å². The van der Waals surface area contributed by atoms with Crippen LogP contribution in [0.1, 0.15) is 32.0 Å². The maximum atomic E-state index is 13.1. The Morgan fingerprint density at radius 1 is 1.50 bits per heavy atom. The molecule has 0 spiro atoms. The molecule has 0 radical (unpaired) electrons. The monoisotopic (exact) mass is 293 g/mol. The Labute approximate surface area is 114 Å². The number of aryl methyl sites for hydroxylation is 1. The fourth-order valence-corrected chi connectivity index (χ4v) is 1.77. The van der Waals surface area contributed by atoms with E-state index in [9.17, 15) is 23.1 Å². The first-order valence-electron chi connectivity index (χ1n) is 6.26. The second kappa shape index (κ2) is 6.25. The van der Waals surface area contributed by atoms with Gasteiger partial charge in [-0.05, 0) is 6.42 Å². The lowest BCUT2D eigenvalue weighted by molar-refractivity contribution is -0.271. The number of aliphatic hydroxyl groups is 1. The fourth-order valence-electron chi connectivity index (χ4n) is 1.77. The number of halogens is 3. The van der Waals surface area contributed by atoms with Gasteiger partial charge in [-0.2, -0.15) is 13.2 Å². The van der Waals surface area contributed by atoms with Gasteiger partial charge in [0.05, 0.1) is 6.42 Å². The molecule has 0 fully saturated rings. The van der Waals surface area contributed by atoms with Crippen molar-refractivity contribution in [2.75, 3.05) is 6.54 Å². The number of alkyl halides is 3. The molecule has 1 atom stereocenters. The van der Waals surface area contributed by atoms with E-state index in [1.54, 1.807) is 0 Å². The summed E-state index contributed by atoms with van der Waals surface area (Å²) in [5.74, 6) is -1.46. The molecule has 1 aromatic heterocycles. The third kappa shape index (κ3) is 3.50. The highest BCUT2D eigenvalue weighted by atomic mass is 19.4. The van der Waals surface area contributed by atoms with Gasteiger partial charge in [-0.1, -0.05) is 13.3 Å². The van der Waals surface area contributed by atoms with E-state index in [4.69, 9.17) is 0 Å². The number of carbonyl (C=O) groups excluding carboxylic acids is 1. The van der Waals surface area contributed by atoms with E-state index in [1.165, 1.54) is 13.2 Å². The third-order valence-electron chi connectivity index (χ3n) is 2.93. The van der Waals surface area contributed by atoms with Crippen molar-refractivity contribution in [2.45, 2.75) is 38.0 Å². The number of aromatic nitrogens is 2. The molecule has 20 heavy (non-hydrogen) atoms. The number of carbonyl (C=O) groups is 1. The van der Waals surface area contributed by atoms with Gasteiger partial charge in [-0.3, -0.25) is 4.79 Å². The standard InChI is InChI=1S/C12H18F3N3O2/c1-3-4-5-16-9(19)8-11(20,12(13,14)15)10-17-6-7-18(10)2/h6-7,20H,3-5,8H2,1-2H3,(H,16,19). The highest BCUT2D eigenvalue weighted by Gasteiger charge is 2.58. The summed E-state index contributed by atoms with van der Waals surface area (Å²) >= 11 is 0. The highest BCUT2D eigenvalue weighted by molar-refractivity contribution is 5.77. The van der Waals surface area contributed by atoms with Crippen LogP contribution in [-0.2, 0) is 17.4 Å². The maximum absolute atomic E-state index is 13.1. The van der Waals surface area contributed by atoms with Crippen LogP contribution in [0.3, 0.4) is 0 Å². The predicted octanol–water partition coefficient (Wildman–Crippen LogP) is 1.48. The number of rotatable bonds is 6. The molecule has 1 heterocycles. The normalized spacial score (nSPS) is 14.9. The molecular formula is C12H18F3N3O2. The molecule has 114 valence electrons. The Balaban J connectivity index is 2.92. The van der Waals surface area contributed by atoms with Crippen molar-refractivity contribution in [1.29, 1.82) is 0 Å². The second-order valence-electron chi connectivity index (χ2n) is 4.60. The molecule has 1 amide bonds. The predicted molar refractivity (Wildman–Crippen MR) is 65.7 cm³/mol. The van der Waals surface area contributed by atoms with Crippen molar-refractivity contribution < 1.29 is 23.1 Å². The fraction of sp³-hybridized carbons (Fsp3) is 0.667. The van der Waals surface area contributed by atoms with E-state index in [1.807, 2.05) is 6.92 Å². The van der Waals surface area contributed by atoms with Crippen LogP contribution in [0.15, 0.2) is 12.4 Å². The minimum atomic E-state index is -4.99. The van der Waals surface area contributed by atoms with Gasteiger partial charge in [0.1, 0.15) is 0 Å². The van der Waals surface area contributed by atoms with Gasteiger partial charge in [0.2, 0.25) is 11.5 Å². The number of hydrogen-bond acceptors (Lipinski definition) is 3. The first kappa shape index (κ1) is 16.5. The largest absolute Gasteiger partial charge is 0.425 e. The first-order chi connectivity index (χ1) is 9.22. The van der Waals surface area contributed by atoms with Crippen molar-refractivity contribution in [1.82, 2.24) is 14.9 Å². The molecule has 0 aliphatic heterocycles. The van der Waals surface area contributed by atoms with E-state index >= 15 is 0 Å². The van der Waals surface area contributed by atoms with E-state index in [0.717, 1.165) is 17.2 Å². The zero-order valence-corrected chi connectivity index (χ0v) is 11.4. The van der Waals surface area contributed by atoms with Crippen molar-refractivity contribution in [2.24, 2.45) is 7.05 Å². The van der Waals surface area contributed by atoms with Crippen LogP contribution in [0.2, 0.25) is 0 Å². The number of amides is 1. The van der Waals surface area contributed by atoms with Gasteiger partial charge in [-0.15, -0.1) is 0 Å². The smallest absolute Gasteiger partial charge is 0.374 e. The summed E-state index contributed by atoms with van der Waals surface area (Å²) in [5.41, 5.74) is -3.29. The first-order valence-corrected chi connectivity index (χ1v) is 6.26. The summed E-state index contributed by atoms with van der Waals surface area (Å²) in [6.45, 7) is 2.18. The summed E-state index contributed by atoms with van der Waals surface area (Å²) in [6, 6.07) is 0. The topological polar surface area (TPSA) is 67.2 Å². The van der Waals surface area contributed by atoms with Gasteiger partial charge in [0, 0.05) is 26.0 Å². The number of unbranched alkanes of at least 4 members (excludes halogenated alkanes) is 1. The van der Waals surface area contributed by atoms with Gasteiger partial charge in [0.25, 0.3) is 0 Å². The molecule has 1 aromatic rings. The number of hydrogen-bond donors (Lipinski definition) is 2. The van der Waals surface area contributed by atoms with E-state index in [0.29, 0.717) is 6.42 Å². The Kier molecular flexibility index (Phi) is 5.15. The summed E-state index contributed by atoms with van der Waals surface area (Å²) in [6.07, 6.45) is -2.21. The van der Waals surface area contributed by atoms with E-state index in [-0.39, 0.29) is 6.54 Å². The van der Waals surface area contributed by atoms with Crippen LogP contribution < -0.4 is 5.32 Å². The number of nitrogens with zero attached hydrogens (tertiary/aromatic N) is 2. The summed E-state index contributed by atoms with van der Waals surface area (Å²) in [7, 11) is 1.33. The Hall–Kier alpha value is -1.57. The molecule has 2 N–H and O–H groups in total. The van der Waals surface area contributed by atoms with Gasteiger partial charge >= 0.3 is 6.18 Å². The Bertz CT molecular complexity index is 459. The molecule has 0 aromatic carbocycles.